The number of imidazole rings is 1. The van der Waals surface area contributed by atoms with Crippen molar-refractivity contribution in [1.29, 1.82) is 0 Å². The second-order valence-corrected chi connectivity index (χ2v) is 4.63. The number of nitrogens with zero attached hydrogens (tertiary/aromatic N) is 2. The standard InChI is InChI=1S/C11H15N3O2/c15-10-8(2-4-13-10)11(16)3-1-5-14-7-12-6-9(11)14/h6-8,16H,1-5H2,(H,13,15). The molecule has 1 aromatic rings. The van der Waals surface area contributed by atoms with Gasteiger partial charge in [0, 0.05) is 13.1 Å². The number of carbonyl (C=O) groups is 1. The highest BCUT2D eigenvalue weighted by Crippen LogP contribution is 2.40. The van der Waals surface area contributed by atoms with Crippen LogP contribution in [-0.2, 0) is 16.9 Å². The van der Waals surface area contributed by atoms with Gasteiger partial charge in [-0.25, -0.2) is 4.98 Å². The SMILES string of the molecule is O=C1NCCC1C1(O)CCCn2cncc21. The fourth-order valence-corrected chi connectivity index (χ4v) is 2.91. The van der Waals surface area contributed by atoms with Gasteiger partial charge in [0.15, 0.2) is 0 Å². The molecule has 2 unspecified atom stereocenters. The van der Waals surface area contributed by atoms with Gasteiger partial charge in [0.05, 0.1) is 24.1 Å². The van der Waals surface area contributed by atoms with E-state index in [2.05, 4.69) is 10.3 Å². The summed E-state index contributed by atoms with van der Waals surface area (Å²) in [6.07, 6.45) is 5.66. The highest BCUT2D eigenvalue weighted by atomic mass is 16.3. The summed E-state index contributed by atoms with van der Waals surface area (Å²) in [4.78, 5) is 15.8. The van der Waals surface area contributed by atoms with Crippen molar-refractivity contribution in [2.75, 3.05) is 6.54 Å². The lowest BCUT2D eigenvalue weighted by atomic mass is 9.78. The summed E-state index contributed by atoms with van der Waals surface area (Å²) in [5, 5.41) is 13.5. The predicted molar refractivity (Wildman–Crippen MR) is 56.5 cm³/mol. The zero-order valence-electron chi connectivity index (χ0n) is 9.02. The van der Waals surface area contributed by atoms with Crippen molar-refractivity contribution < 1.29 is 9.90 Å². The van der Waals surface area contributed by atoms with Crippen LogP contribution >= 0.6 is 0 Å². The van der Waals surface area contributed by atoms with Crippen molar-refractivity contribution in [1.82, 2.24) is 14.9 Å². The number of fused-ring (bicyclic) bond motifs is 1. The second kappa shape index (κ2) is 3.31. The first kappa shape index (κ1) is 9.84. The van der Waals surface area contributed by atoms with E-state index in [0.717, 1.165) is 18.7 Å². The van der Waals surface area contributed by atoms with E-state index in [1.807, 2.05) is 4.57 Å². The van der Waals surface area contributed by atoms with Gasteiger partial charge in [-0.05, 0) is 19.3 Å². The number of aliphatic hydroxyl groups is 1. The molecule has 5 heteroatoms. The molecule has 2 atom stereocenters. The van der Waals surface area contributed by atoms with Gasteiger partial charge in [-0.2, -0.15) is 0 Å². The number of rotatable bonds is 1. The first-order valence-corrected chi connectivity index (χ1v) is 5.72. The molecule has 3 rings (SSSR count). The summed E-state index contributed by atoms with van der Waals surface area (Å²) in [6, 6.07) is 0. The van der Waals surface area contributed by atoms with Crippen molar-refractivity contribution in [3.63, 3.8) is 0 Å². The molecule has 0 bridgehead atoms. The van der Waals surface area contributed by atoms with E-state index in [9.17, 15) is 9.90 Å². The Kier molecular flexibility index (Phi) is 2.04. The van der Waals surface area contributed by atoms with Crippen LogP contribution in [0.4, 0.5) is 0 Å². The molecule has 0 spiro atoms. The molecule has 1 saturated heterocycles. The number of aromatic nitrogens is 2. The van der Waals surface area contributed by atoms with Crippen LogP contribution in [0.5, 0.6) is 0 Å². The van der Waals surface area contributed by atoms with E-state index < -0.39 is 5.60 Å². The van der Waals surface area contributed by atoms with Crippen LogP contribution in [0.1, 0.15) is 25.0 Å². The lowest BCUT2D eigenvalue weighted by Crippen LogP contribution is -2.43. The Balaban J connectivity index is 2.03. The maximum atomic E-state index is 11.7. The molecule has 3 heterocycles. The third-order valence-corrected chi connectivity index (χ3v) is 3.74. The normalized spacial score (nSPS) is 33.6. The summed E-state index contributed by atoms with van der Waals surface area (Å²) in [5.41, 5.74) is -0.226. The Bertz CT molecular complexity index is 429. The van der Waals surface area contributed by atoms with Crippen LogP contribution < -0.4 is 5.32 Å². The van der Waals surface area contributed by atoms with Crippen molar-refractivity contribution >= 4 is 5.91 Å². The fraction of sp³-hybridized carbons (Fsp3) is 0.636. The molecule has 16 heavy (non-hydrogen) atoms. The highest BCUT2D eigenvalue weighted by molar-refractivity contribution is 5.82. The van der Waals surface area contributed by atoms with Crippen LogP contribution in [0.3, 0.4) is 0 Å². The largest absolute Gasteiger partial charge is 0.383 e. The second-order valence-electron chi connectivity index (χ2n) is 4.63. The van der Waals surface area contributed by atoms with Gasteiger partial charge in [-0.1, -0.05) is 0 Å². The van der Waals surface area contributed by atoms with E-state index in [4.69, 9.17) is 0 Å². The van der Waals surface area contributed by atoms with Gasteiger partial charge in [-0.3, -0.25) is 4.79 Å². The Morgan fingerprint density at radius 3 is 3.25 bits per heavy atom. The Labute approximate surface area is 93.5 Å². The molecule has 2 aliphatic heterocycles. The molecular weight excluding hydrogens is 206 g/mol. The molecule has 2 aliphatic rings. The first-order chi connectivity index (χ1) is 7.72. The molecule has 0 aliphatic carbocycles. The maximum absolute atomic E-state index is 11.7. The highest BCUT2D eigenvalue weighted by Gasteiger charge is 2.47. The maximum Gasteiger partial charge on any atom is 0.226 e. The molecule has 86 valence electrons. The minimum absolute atomic E-state index is 0.0304. The number of hydrogen-bond donors (Lipinski definition) is 2. The molecule has 0 aromatic carbocycles. The summed E-state index contributed by atoms with van der Waals surface area (Å²) in [5.74, 6) is -0.347. The Morgan fingerprint density at radius 2 is 2.50 bits per heavy atom. The van der Waals surface area contributed by atoms with Crippen LogP contribution in [-0.4, -0.2) is 27.1 Å². The number of nitrogens with one attached hydrogen (secondary N) is 1. The quantitative estimate of drug-likeness (QED) is 0.701. The molecular formula is C11H15N3O2. The third kappa shape index (κ3) is 1.21. The lowest BCUT2D eigenvalue weighted by Gasteiger charge is -2.36. The zero-order chi connectivity index (χ0) is 11.2. The van der Waals surface area contributed by atoms with Crippen LogP contribution in [0.15, 0.2) is 12.5 Å². The van der Waals surface area contributed by atoms with Crippen LogP contribution in [0.25, 0.3) is 0 Å². The Hall–Kier alpha value is -1.36. The van der Waals surface area contributed by atoms with E-state index in [-0.39, 0.29) is 11.8 Å². The summed E-state index contributed by atoms with van der Waals surface area (Å²) < 4.78 is 1.95. The monoisotopic (exact) mass is 221 g/mol. The average Bonchev–Trinajstić information content (AvgIpc) is 2.86. The summed E-state index contributed by atoms with van der Waals surface area (Å²) in [7, 11) is 0. The van der Waals surface area contributed by atoms with E-state index >= 15 is 0 Å². The Morgan fingerprint density at radius 1 is 1.62 bits per heavy atom. The van der Waals surface area contributed by atoms with Gasteiger partial charge < -0.3 is 15.0 Å². The minimum Gasteiger partial charge on any atom is -0.383 e. The summed E-state index contributed by atoms with van der Waals surface area (Å²) in [6.45, 7) is 1.55. The lowest BCUT2D eigenvalue weighted by molar-refractivity contribution is -0.134. The predicted octanol–water partition coefficient (Wildman–Crippen LogP) is 0.000600. The van der Waals surface area contributed by atoms with Crippen molar-refractivity contribution in [3.05, 3.63) is 18.2 Å². The van der Waals surface area contributed by atoms with Crippen molar-refractivity contribution in [3.8, 4) is 0 Å². The number of hydrogen-bond acceptors (Lipinski definition) is 3. The molecule has 0 radical (unpaired) electrons. The van der Waals surface area contributed by atoms with Gasteiger partial charge in [0.25, 0.3) is 0 Å². The number of amides is 1. The molecule has 1 amide bonds. The van der Waals surface area contributed by atoms with E-state index in [1.54, 1.807) is 12.5 Å². The van der Waals surface area contributed by atoms with Gasteiger partial charge in [0.2, 0.25) is 5.91 Å². The first-order valence-electron chi connectivity index (χ1n) is 5.72. The third-order valence-electron chi connectivity index (χ3n) is 3.74. The fourth-order valence-electron chi connectivity index (χ4n) is 2.91. The average molecular weight is 221 g/mol. The number of aryl methyl sites for hydroxylation is 1. The van der Waals surface area contributed by atoms with E-state index in [1.165, 1.54) is 0 Å². The topological polar surface area (TPSA) is 67.2 Å². The van der Waals surface area contributed by atoms with Gasteiger partial charge >= 0.3 is 0 Å². The summed E-state index contributed by atoms with van der Waals surface area (Å²) >= 11 is 0. The molecule has 1 fully saturated rings. The number of carbonyl (C=O) groups excluding carboxylic acids is 1. The molecule has 1 aromatic heterocycles. The van der Waals surface area contributed by atoms with Crippen LogP contribution in [0, 0.1) is 5.92 Å². The zero-order valence-corrected chi connectivity index (χ0v) is 9.02. The van der Waals surface area contributed by atoms with Crippen molar-refractivity contribution in [2.45, 2.75) is 31.4 Å². The molecule has 2 N–H and O–H groups in total. The van der Waals surface area contributed by atoms with Gasteiger partial charge in [-0.15, -0.1) is 0 Å². The van der Waals surface area contributed by atoms with Gasteiger partial charge in [0.1, 0.15) is 5.60 Å². The van der Waals surface area contributed by atoms with Crippen LogP contribution in [0.2, 0.25) is 0 Å². The minimum atomic E-state index is -1.02. The smallest absolute Gasteiger partial charge is 0.226 e. The van der Waals surface area contributed by atoms with Crippen molar-refractivity contribution in [2.24, 2.45) is 5.92 Å². The molecule has 5 nitrogen and oxygen atoms in total. The molecule has 0 saturated carbocycles. The van der Waals surface area contributed by atoms with E-state index in [0.29, 0.717) is 19.4 Å².